The fourth-order valence-electron chi connectivity index (χ4n) is 3.68. The number of benzene rings is 1. The van der Waals surface area contributed by atoms with Crippen molar-refractivity contribution in [1.82, 2.24) is 9.03 Å². The van der Waals surface area contributed by atoms with Crippen molar-refractivity contribution in [2.24, 2.45) is 0 Å². The molecule has 0 spiro atoms. The van der Waals surface area contributed by atoms with E-state index < -0.39 is 20.0 Å². The quantitative estimate of drug-likeness (QED) is 0.591. The van der Waals surface area contributed by atoms with Gasteiger partial charge in [0.2, 0.25) is 20.0 Å². The SMILES string of the molecule is CC[C@@H](C)NS(=O)(=O)c1ccc(S(=O)(=O)N(Cc2cccs2)C2CCCCC2)cc1. The topological polar surface area (TPSA) is 83.5 Å². The maximum Gasteiger partial charge on any atom is 0.243 e. The Labute approximate surface area is 184 Å². The summed E-state index contributed by atoms with van der Waals surface area (Å²) >= 11 is 1.55. The molecule has 1 N–H and O–H groups in total. The zero-order chi connectivity index (χ0) is 21.8. The summed E-state index contributed by atoms with van der Waals surface area (Å²) in [6, 6.07) is 9.23. The number of hydrogen-bond donors (Lipinski definition) is 1. The highest BCUT2D eigenvalue weighted by molar-refractivity contribution is 7.89. The molecule has 1 aromatic carbocycles. The summed E-state index contributed by atoms with van der Waals surface area (Å²) in [4.78, 5) is 1.21. The van der Waals surface area contributed by atoms with Crippen molar-refractivity contribution in [1.29, 1.82) is 0 Å². The van der Waals surface area contributed by atoms with E-state index in [0.717, 1.165) is 37.0 Å². The predicted molar refractivity (Wildman–Crippen MR) is 120 cm³/mol. The molecule has 0 bridgehead atoms. The Bertz CT molecular complexity index is 1010. The number of rotatable bonds is 9. The molecule has 6 nitrogen and oxygen atoms in total. The van der Waals surface area contributed by atoms with Crippen LogP contribution in [0.15, 0.2) is 51.6 Å². The van der Waals surface area contributed by atoms with Gasteiger partial charge in [-0.25, -0.2) is 21.6 Å². The molecule has 1 aliphatic carbocycles. The second-order valence-electron chi connectivity index (χ2n) is 7.82. The second kappa shape index (κ2) is 9.91. The molecule has 2 aromatic rings. The lowest BCUT2D eigenvalue weighted by atomic mass is 9.95. The van der Waals surface area contributed by atoms with E-state index in [1.54, 1.807) is 22.6 Å². The highest BCUT2D eigenvalue weighted by Crippen LogP contribution is 2.30. The molecule has 1 heterocycles. The van der Waals surface area contributed by atoms with E-state index in [9.17, 15) is 16.8 Å². The molecule has 0 saturated heterocycles. The highest BCUT2D eigenvalue weighted by atomic mass is 32.2. The van der Waals surface area contributed by atoms with E-state index in [1.165, 1.54) is 24.3 Å². The summed E-state index contributed by atoms with van der Waals surface area (Å²) in [7, 11) is -7.41. The lowest BCUT2D eigenvalue weighted by molar-refractivity contribution is 0.249. The van der Waals surface area contributed by atoms with Gasteiger partial charge in [-0.2, -0.15) is 4.31 Å². The van der Waals surface area contributed by atoms with Crippen LogP contribution >= 0.6 is 11.3 Å². The lowest BCUT2D eigenvalue weighted by Crippen LogP contribution is -2.40. The minimum atomic E-state index is -3.74. The van der Waals surface area contributed by atoms with Gasteiger partial charge in [-0.15, -0.1) is 11.3 Å². The molecule has 0 radical (unpaired) electrons. The van der Waals surface area contributed by atoms with Gasteiger partial charge in [0, 0.05) is 23.5 Å². The van der Waals surface area contributed by atoms with Crippen LogP contribution in [-0.2, 0) is 26.6 Å². The van der Waals surface area contributed by atoms with E-state index in [2.05, 4.69) is 4.72 Å². The molecule has 1 aliphatic rings. The average Bonchev–Trinajstić information content (AvgIpc) is 3.25. The molecular weight excluding hydrogens is 440 g/mol. The number of sulfonamides is 2. The summed E-state index contributed by atoms with van der Waals surface area (Å²) in [5.41, 5.74) is 0. The predicted octanol–water partition coefficient (Wildman–Crippen LogP) is 4.35. The van der Waals surface area contributed by atoms with Gasteiger partial charge in [-0.1, -0.05) is 32.3 Å². The number of nitrogens with zero attached hydrogens (tertiary/aromatic N) is 1. The van der Waals surface area contributed by atoms with Gasteiger partial charge in [0.25, 0.3) is 0 Å². The van der Waals surface area contributed by atoms with Crippen molar-refractivity contribution < 1.29 is 16.8 Å². The number of thiophene rings is 1. The lowest BCUT2D eigenvalue weighted by Gasteiger charge is -2.33. The monoisotopic (exact) mass is 470 g/mol. The van der Waals surface area contributed by atoms with E-state index in [1.807, 2.05) is 24.4 Å². The first kappa shape index (κ1) is 23.4. The maximum absolute atomic E-state index is 13.5. The van der Waals surface area contributed by atoms with Gasteiger partial charge in [0.05, 0.1) is 9.79 Å². The van der Waals surface area contributed by atoms with Crippen LogP contribution in [0.2, 0.25) is 0 Å². The first-order valence-electron chi connectivity index (χ1n) is 10.4. The minimum Gasteiger partial charge on any atom is -0.208 e. The van der Waals surface area contributed by atoms with E-state index in [4.69, 9.17) is 0 Å². The molecule has 0 aliphatic heterocycles. The fourth-order valence-corrected chi connectivity index (χ4v) is 7.45. The molecule has 30 heavy (non-hydrogen) atoms. The van der Waals surface area contributed by atoms with E-state index >= 15 is 0 Å². The Hall–Kier alpha value is -1.26. The molecule has 1 fully saturated rings. The van der Waals surface area contributed by atoms with Gasteiger partial charge in [-0.05, 0) is 61.9 Å². The van der Waals surface area contributed by atoms with Crippen LogP contribution < -0.4 is 4.72 Å². The highest BCUT2D eigenvalue weighted by Gasteiger charge is 2.33. The van der Waals surface area contributed by atoms with Crippen molar-refractivity contribution >= 4 is 31.4 Å². The molecule has 1 atom stereocenters. The van der Waals surface area contributed by atoms with Crippen LogP contribution in [0.5, 0.6) is 0 Å². The maximum atomic E-state index is 13.5. The van der Waals surface area contributed by atoms with E-state index in [0.29, 0.717) is 13.0 Å². The molecule has 0 unspecified atom stereocenters. The Morgan fingerprint density at radius 2 is 1.67 bits per heavy atom. The van der Waals surface area contributed by atoms with Crippen molar-refractivity contribution in [3.8, 4) is 0 Å². The van der Waals surface area contributed by atoms with Gasteiger partial charge in [0.1, 0.15) is 0 Å². The summed E-state index contributed by atoms with van der Waals surface area (Å²) in [6.45, 7) is 4.04. The number of nitrogens with one attached hydrogen (secondary N) is 1. The van der Waals surface area contributed by atoms with Crippen LogP contribution in [-0.4, -0.2) is 33.2 Å². The Morgan fingerprint density at radius 3 is 2.23 bits per heavy atom. The molecule has 3 rings (SSSR count). The van der Waals surface area contributed by atoms with Gasteiger partial charge in [0.15, 0.2) is 0 Å². The van der Waals surface area contributed by atoms with E-state index in [-0.39, 0.29) is 21.9 Å². The van der Waals surface area contributed by atoms with Crippen LogP contribution in [0.25, 0.3) is 0 Å². The van der Waals surface area contributed by atoms with Gasteiger partial charge >= 0.3 is 0 Å². The van der Waals surface area contributed by atoms with Gasteiger partial charge < -0.3 is 0 Å². The molecular formula is C21H30N2O4S3. The fraction of sp³-hybridized carbons (Fsp3) is 0.524. The van der Waals surface area contributed by atoms with Crippen LogP contribution in [0, 0.1) is 0 Å². The molecule has 1 saturated carbocycles. The normalized spacial score (nSPS) is 17.3. The molecule has 166 valence electrons. The molecule has 0 amide bonds. The Morgan fingerprint density at radius 1 is 1.03 bits per heavy atom. The van der Waals surface area contributed by atoms with Gasteiger partial charge in [-0.3, -0.25) is 0 Å². The first-order chi connectivity index (χ1) is 14.2. The number of hydrogen-bond acceptors (Lipinski definition) is 5. The van der Waals surface area contributed by atoms with Crippen LogP contribution in [0.4, 0.5) is 0 Å². The van der Waals surface area contributed by atoms with Crippen molar-refractivity contribution in [2.75, 3.05) is 0 Å². The minimum absolute atomic E-state index is 0.0265. The standard InChI is InChI=1S/C21H30N2O4S3/c1-3-17(2)22-29(24,25)20-11-13-21(14-12-20)30(26,27)23(16-19-10-7-15-28-19)18-8-5-4-6-9-18/h7,10-15,17-18,22H,3-6,8-9,16H2,1-2H3/t17-/m1/s1. The van der Waals surface area contributed by atoms with Crippen LogP contribution in [0.1, 0.15) is 57.2 Å². The zero-order valence-electron chi connectivity index (χ0n) is 17.5. The largest absolute Gasteiger partial charge is 0.243 e. The van der Waals surface area contributed by atoms with Crippen molar-refractivity contribution in [3.05, 3.63) is 46.7 Å². The third-order valence-electron chi connectivity index (χ3n) is 5.58. The smallest absolute Gasteiger partial charge is 0.208 e. The molecule has 1 aromatic heterocycles. The van der Waals surface area contributed by atoms with Crippen molar-refractivity contribution in [3.63, 3.8) is 0 Å². The summed E-state index contributed by atoms with van der Waals surface area (Å²) < 4.78 is 56.2. The Kier molecular flexibility index (Phi) is 7.73. The van der Waals surface area contributed by atoms with Crippen LogP contribution in [0.3, 0.4) is 0 Å². The summed E-state index contributed by atoms with van der Waals surface area (Å²) in [5.74, 6) is 0. The second-order valence-corrected chi connectivity index (χ2v) is 12.5. The molecule has 9 heteroatoms. The Balaban J connectivity index is 1.88. The first-order valence-corrected chi connectivity index (χ1v) is 14.2. The third-order valence-corrected chi connectivity index (χ3v) is 9.96. The van der Waals surface area contributed by atoms with Crippen molar-refractivity contribution in [2.45, 2.75) is 80.8 Å². The summed E-state index contributed by atoms with van der Waals surface area (Å²) in [6.07, 6.45) is 5.58. The summed E-state index contributed by atoms with van der Waals surface area (Å²) in [5, 5.41) is 1.95. The zero-order valence-corrected chi connectivity index (χ0v) is 19.9. The average molecular weight is 471 g/mol. The third kappa shape index (κ3) is 5.50.